The number of hydrogen-bond acceptors (Lipinski definition) is 4. The van der Waals surface area contributed by atoms with Gasteiger partial charge >= 0.3 is 0 Å². The molecule has 0 aromatic carbocycles. The van der Waals surface area contributed by atoms with Crippen LogP contribution in [0.1, 0.15) is 51.4 Å². The lowest BCUT2D eigenvalue weighted by Gasteiger charge is -2.21. The number of anilines is 1. The Morgan fingerprint density at radius 1 is 1.10 bits per heavy atom. The molecule has 1 aromatic rings. The summed E-state index contributed by atoms with van der Waals surface area (Å²) in [5.41, 5.74) is 0. The van der Waals surface area contributed by atoms with Gasteiger partial charge in [0.05, 0.1) is 0 Å². The Labute approximate surface area is 120 Å². The van der Waals surface area contributed by atoms with Gasteiger partial charge in [0.1, 0.15) is 0 Å². The molecule has 0 bridgehead atoms. The first-order chi connectivity index (χ1) is 9.84. The topological polar surface area (TPSA) is 66.9 Å². The van der Waals surface area contributed by atoms with Crippen molar-refractivity contribution in [3.63, 3.8) is 0 Å². The van der Waals surface area contributed by atoms with E-state index in [0.717, 1.165) is 12.8 Å². The molecule has 5 nitrogen and oxygen atoms in total. The smallest absolute Gasteiger partial charge is 0.222 e. The molecular formula is C15H24N4O. The number of hydrogen-bond donors (Lipinski definition) is 2. The molecule has 1 amide bonds. The van der Waals surface area contributed by atoms with Crippen molar-refractivity contribution in [3.05, 3.63) is 18.5 Å². The van der Waals surface area contributed by atoms with Gasteiger partial charge in [-0.2, -0.15) is 0 Å². The minimum Gasteiger partial charge on any atom is -0.354 e. The number of rotatable bonds is 5. The van der Waals surface area contributed by atoms with E-state index in [0.29, 0.717) is 25.0 Å². The molecule has 5 heteroatoms. The van der Waals surface area contributed by atoms with Crippen LogP contribution in [0.15, 0.2) is 18.5 Å². The fraction of sp³-hybridized carbons (Fsp3) is 0.667. The zero-order valence-corrected chi connectivity index (χ0v) is 12.0. The minimum absolute atomic E-state index is 0.124. The normalized spacial score (nSPS) is 17.0. The van der Waals surface area contributed by atoms with Crippen LogP contribution in [-0.2, 0) is 4.79 Å². The molecule has 0 unspecified atom stereocenters. The van der Waals surface area contributed by atoms with Gasteiger partial charge < -0.3 is 10.6 Å². The van der Waals surface area contributed by atoms with Gasteiger partial charge in [-0.1, -0.05) is 32.1 Å². The summed E-state index contributed by atoms with van der Waals surface area (Å²) in [6, 6.07) is 2.14. The zero-order chi connectivity index (χ0) is 14.0. The van der Waals surface area contributed by atoms with Crippen molar-refractivity contribution in [2.24, 2.45) is 0 Å². The van der Waals surface area contributed by atoms with Gasteiger partial charge in [-0.15, -0.1) is 0 Å². The average molecular weight is 276 g/mol. The minimum atomic E-state index is 0.124. The molecule has 1 aliphatic rings. The summed E-state index contributed by atoms with van der Waals surface area (Å²) >= 11 is 0. The third-order valence-corrected chi connectivity index (χ3v) is 3.67. The van der Waals surface area contributed by atoms with Gasteiger partial charge in [0, 0.05) is 31.4 Å². The number of carbonyl (C=O) groups excluding carboxylic acids is 1. The van der Waals surface area contributed by atoms with E-state index in [1.165, 1.54) is 32.1 Å². The van der Waals surface area contributed by atoms with E-state index >= 15 is 0 Å². The molecule has 1 saturated carbocycles. The van der Waals surface area contributed by atoms with Crippen molar-refractivity contribution in [3.8, 4) is 0 Å². The second-order valence-corrected chi connectivity index (χ2v) is 5.36. The van der Waals surface area contributed by atoms with Gasteiger partial charge in [-0.25, -0.2) is 9.97 Å². The third-order valence-electron chi connectivity index (χ3n) is 3.67. The summed E-state index contributed by atoms with van der Waals surface area (Å²) in [7, 11) is 0. The molecule has 1 heterocycles. The monoisotopic (exact) mass is 276 g/mol. The first-order valence-electron chi connectivity index (χ1n) is 7.65. The van der Waals surface area contributed by atoms with E-state index in [1.807, 2.05) is 0 Å². The predicted octanol–water partition coefficient (Wildman–Crippen LogP) is 2.51. The SMILES string of the molecule is O=C(CCNc1ncccn1)NC1CCCCCCC1. The maximum Gasteiger partial charge on any atom is 0.222 e. The first kappa shape index (κ1) is 14.8. The molecule has 0 spiro atoms. The van der Waals surface area contributed by atoms with Crippen molar-refractivity contribution in [2.75, 3.05) is 11.9 Å². The van der Waals surface area contributed by atoms with Gasteiger partial charge in [-0.05, 0) is 18.9 Å². The maximum absolute atomic E-state index is 11.9. The molecule has 0 saturated heterocycles. The van der Waals surface area contributed by atoms with E-state index in [2.05, 4.69) is 20.6 Å². The van der Waals surface area contributed by atoms with E-state index < -0.39 is 0 Å². The van der Waals surface area contributed by atoms with Crippen LogP contribution in [0.4, 0.5) is 5.95 Å². The summed E-state index contributed by atoms with van der Waals surface area (Å²) in [5.74, 6) is 0.699. The van der Waals surface area contributed by atoms with Crippen LogP contribution in [-0.4, -0.2) is 28.5 Å². The molecule has 2 rings (SSSR count). The molecule has 1 fully saturated rings. The van der Waals surface area contributed by atoms with Crippen LogP contribution < -0.4 is 10.6 Å². The number of aromatic nitrogens is 2. The Morgan fingerprint density at radius 3 is 2.45 bits per heavy atom. The number of nitrogens with one attached hydrogen (secondary N) is 2. The van der Waals surface area contributed by atoms with Crippen molar-refractivity contribution < 1.29 is 4.79 Å². The molecule has 0 atom stereocenters. The van der Waals surface area contributed by atoms with Gasteiger partial charge in [0.15, 0.2) is 0 Å². The Kier molecular flexibility index (Phi) is 6.27. The van der Waals surface area contributed by atoms with Crippen LogP contribution in [0.5, 0.6) is 0 Å². The number of amides is 1. The van der Waals surface area contributed by atoms with Crippen LogP contribution in [0.2, 0.25) is 0 Å². The largest absolute Gasteiger partial charge is 0.354 e. The maximum atomic E-state index is 11.9. The highest BCUT2D eigenvalue weighted by Crippen LogP contribution is 2.17. The van der Waals surface area contributed by atoms with E-state index in [-0.39, 0.29) is 5.91 Å². The Bertz CT molecular complexity index is 388. The highest BCUT2D eigenvalue weighted by atomic mass is 16.1. The van der Waals surface area contributed by atoms with Crippen molar-refractivity contribution >= 4 is 11.9 Å². The van der Waals surface area contributed by atoms with Gasteiger partial charge in [0.25, 0.3) is 0 Å². The standard InChI is InChI=1S/C15H24N4O/c20-14(9-12-18-15-16-10-6-11-17-15)19-13-7-4-2-1-3-5-8-13/h6,10-11,13H,1-5,7-9,12H2,(H,19,20)(H,16,17,18). The quantitative estimate of drug-likeness (QED) is 0.867. The van der Waals surface area contributed by atoms with Crippen molar-refractivity contribution in [1.82, 2.24) is 15.3 Å². The highest BCUT2D eigenvalue weighted by molar-refractivity contribution is 5.76. The second-order valence-electron chi connectivity index (χ2n) is 5.36. The Balaban J connectivity index is 1.64. The third kappa shape index (κ3) is 5.55. The lowest BCUT2D eigenvalue weighted by Crippen LogP contribution is -2.36. The van der Waals surface area contributed by atoms with Crippen molar-refractivity contribution in [2.45, 2.75) is 57.4 Å². The molecule has 1 aliphatic carbocycles. The molecule has 2 N–H and O–H groups in total. The Hall–Kier alpha value is -1.65. The Morgan fingerprint density at radius 2 is 1.75 bits per heavy atom. The molecule has 1 aromatic heterocycles. The summed E-state index contributed by atoms with van der Waals surface area (Å²) in [5, 5.41) is 6.21. The van der Waals surface area contributed by atoms with E-state index in [9.17, 15) is 4.79 Å². The molecule has 110 valence electrons. The number of carbonyl (C=O) groups is 1. The van der Waals surface area contributed by atoms with E-state index in [1.54, 1.807) is 18.5 Å². The van der Waals surface area contributed by atoms with Crippen LogP contribution >= 0.6 is 0 Å². The van der Waals surface area contributed by atoms with Gasteiger partial charge in [-0.3, -0.25) is 4.79 Å². The lowest BCUT2D eigenvalue weighted by atomic mass is 9.96. The van der Waals surface area contributed by atoms with Gasteiger partial charge in [0.2, 0.25) is 11.9 Å². The first-order valence-corrected chi connectivity index (χ1v) is 7.65. The zero-order valence-electron chi connectivity index (χ0n) is 12.0. The predicted molar refractivity (Wildman–Crippen MR) is 79.4 cm³/mol. The summed E-state index contributed by atoms with van der Waals surface area (Å²) in [6.07, 6.45) is 12.5. The molecule has 0 aliphatic heterocycles. The fourth-order valence-corrected chi connectivity index (χ4v) is 2.58. The molecule has 0 radical (unpaired) electrons. The molecule has 20 heavy (non-hydrogen) atoms. The van der Waals surface area contributed by atoms with Crippen LogP contribution in [0.3, 0.4) is 0 Å². The summed E-state index contributed by atoms with van der Waals surface area (Å²) in [4.78, 5) is 20.0. The fourth-order valence-electron chi connectivity index (χ4n) is 2.58. The highest BCUT2D eigenvalue weighted by Gasteiger charge is 2.13. The van der Waals surface area contributed by atoms with E-state index in [4.69, 9.17) is 0 Å². The summed E-state index contributed by atoms with van der Waals surface area (Å²) in [6.45, 7) is 0.572. The number of nitrogens with zero attached hydrogens (tertiary/aromatic N) is 2. The second kappa shape index (κ2) is 8.51. The molecular weight excluding hydrogens is 252 g/mol. The average Bonchev–Trinajstić information content (AvgIpc) is 2.43. The van der Waals surface area contributed by atoms with Crippen LogP contribution in [0.25, 0.3) is 0 Å². The summed E-state index contributed by atoms with van der Waals surface area (Å²) < 4.78 is 0. The van der Waals surface area contributed by atoms with Crippen LogP contribution in [0, 0.1) is 0 Å². The van der Waals surface area contributed by atoms with Crippen molar-refractivity contribution in [1.29, 1.82) is 0 Å². The lowest BCUT2D eigenvalue weighted by molar-refractivity contribution is -0.121.